The normalized spacial score (nSPS) is 19.4. The predicted molar refractivity (Wildman–Crippen MR) is 72.0 cm³/mol. The Morgan fingerprint density at radius 1 is 1.33 bits per heavy atom. The van der Waals surface area contributed by atoms with Crippen LogP contribution in [0.3, 0.4) is 0 Å². The van der Waals surface area contributed by atoms with Crippen LogP contribution in [0.5, 0.6) is 5.75 Å². The Morgan fingerprint density at radius 2 is 2.00 bits per heavy atom. The molecule has 0 spiro atoms. The van der Waals surface area contributed by atoms with Crippen molar-refractivity contribution in [1.29, 1.82) is 0 Å². The van der Waals surface area contributed by atoms with Gasteiger partial charge in [0.1, 0.15) is 12.0 Å². The summed E-state index contributed by atoms with van der Waals surface area (Å²) in [5, 5.41) is 0. The number of hydrogen-bond acceptors (Lipinski definition) is 3. The monoisotopic (exact) mass is 247 g/mol. The minimum atomic E-state index is -0.0325. The molecule has 1 aromatic carbocycles. The molecule has 3 nitrogen and oxygen atoms in total. The molecule has 0 saturated carbocycles. The van der Waals surface area contributed by atoms with Gasteiger partial charge >= 0.3 is 0 Å². The largest absolute Gasteiger partial charge is 0.496 e. The predicted octanol–water partition coefficient (Wildman–Crippen LogP) is 2.32. The molecule has 0 aromatic heterocycles. The van der Waals surface area contributed by atoms with E-state index in [1.54, 1.807) is 7.11 Å². The molecule has 1 aromatic rings. The van der Waals surface area contributed by atoms with Crippen molar-refractivity contribution in [3.8, 4) is 5.75 Å². The van der Waals surface area contributed by atoms with E-state index in [9.17, 15) is 4.79 Å². The van der Waals surface area contributed by atoms with Gasteiger partial charge in [-0.05, 0) is 45.0 Å². The maximum absolute atomic E-state index is 11.5. The average Bonchev–Trinajstić information content (AvgIpc) is 2.42. The number of nitrogens with zero attached hydrogens (tertiary/aromatic N) is 1. The molecule has 0 N–H and O–H groups in total. The first-order chi connectivity index (χ1) is 8.76. The summed E-state index contributed by atoms with van der Waals surface area (Å²) in [6.45, 7) is 2.15. The van der Waals surface area contributed by atoms with E-state index < -0.39 is 0 Å². The van der Waals surface area contributed by atoms with E-state index in [1.807, 2.05) is 24.3 Å². The second-order valence-corrected chi connectivity index (χ2v) is 5.04. The Kier molecular flexibility index (Phi) is 4.37. The number of piperidine rings is 1. The highest BCUT2D eigenvalue weighted by atomic mass is 16.5. The van der Waals surface area contributed by atoms with E-state index >= 15 is 0 Å². The number of carbonyl (C=O) groups is 1. The lowest BCUT2D eigenvalue weighted by Gasteiger charge is -2.32. The van der Waals surface area contributed by atoms with Gasteiger partial charge in [-0.3, -0.25) is 0 Å². The molecular formula is C15H21NO2. The zero-order valence-corrected chi connectivity index (χ0v) is 11.1. The van der Waals surface area contributed by atoms with Crippen LogP contribution in [-0.2, 0) is 4.79 Å². The number of carbonyl (C=O) groups excluding carboxylic acids is 1. The van der Waals surface area contributed by atoms with Crippen molar-refractivity contribution in [3.63, 3.8) is 0 Å². The minimum absolute atomic E-state index is 0.0325. The molecule has 0 radical (unpaired) electrons. The summed E-state index contributed by atoms with van der Waals surface area (Å²) in [5.74, 6) is 1.23. The molecule has 0 amide bonds. The fraction of sp³-hybridized carbons (Fsp3) is 0.533. The molecule has 18 heavy (non-hydrogen) atoms. The molecular weight excluding hydrogens is 226 g/mol. The summed E-state index contributed by atoms with van der Waals surface area (Å²) < 4.78 is 5.37. The standard InChI is InChI=1S/C15H21NO2/c1-16-9-7-12(8-10-16)14(11-17)13-5-3-4-6-15(13)18-2/h3-6,11-12,14H,7-10H2,1-2H3. The number of likely N-dealkylation sites (tertiary alicyclic amines) is 1. The van der Waals surface area contributed by atoms with Crippen molar-refractivity contribution < 1.29 is 9.53 Å². The lowest BCUT2D eigenvalue weighted by molar-refractivity contribution is -0.110. The maximum atomic E-state index is 11.5. The van der Waals surface area contributed by atoms with Gasteiger partial charge in [0, 0.05) is 11.5 Å². The molecule has 1 fully saturated rings. The van der Waals surface area contributed by atoms with E-state index in [2.05, 4.69) is 11.9 Å². The van der Waals surface area contributed by atoms with Crippen molar-refractivity contribution in [1.82, 2.24) is 4.90 Å². The van der Waals surface area contributed by atoms with Crippen LogP contribution in [0, 0.1) is 5.92 Å². The first kappa shape index (κ1) is 13.1. The number of aldehydes is 1. The van der Waals surface area contributed by atoms with Crippen LogP contribution in [-0.4, -0.2) is 38.4 Å². The summed E-state index contributed by atoms with van der Waals surface area (Å²) in [4.78, 5) is 13.8. The quantitative estimate of drug-likeness (QED) is 0.765. The fourth-order valence-electron chi connectivity index (χ4n) is 2.77. The third-order valence-corrected chi connectivity index (χ3v) is 3.92. The molecule has 1 saturated heterocycles. The smallest absolute Gasteiger partial charge is 0.127 e. The van der Waals surface area contributed by atoms with Crippen molar-refractivity contribution in [2.75, 3.05) is 27.2 Å². The third-order valence-electron chi connectivity index (χ3n) is 3.92. The number of methoxy groups -OCH3 is 1. The van der Waals surface area contributed by atoms with Crippen LogP contribution in [0.1, 0.15) is 24.3 Å². The first-order valence-corrected chi connectivity index (χ1v) is 6.53. The number of benzene rings is 1. The molecule has 2 rings (SSSR count). The van der Waals surface area contributed by atoms with E-state index in [0.717, 1.165) is 43.5 Å². The third kappa shape index (κ3) is 2.72. The van der Waals surface area contributed by atoms with Gasteiger partial charge in [0.15, 0.2) is 0 Å². The second-order valence-electron chi connectivity index (χ2n) is 5.04. The van der Waals surface area contributed by atoms with Crippen LogP contribution >= 0.6 is 0 Å². The van der Waals surface area contributed by atoms with Crippen molar-refractivity contribution in [2.45, 2.75) is 18.8 Å². The zero-order valence-electron chi connectivity index (χ0n) is 11.1. The van der Waals surface area contributed by atoms with Crippen LogP contribution < -0.4 is 4.74 Å². The summed E-state index contributed by atoms with van der Waals surface area (Å²) in [7, 11) is 3.80. The molecule has 1 atom stereocenters. The van der Waals surface area contributed by atoms with Gasteiger partial charge in [-0.2, -0.15) is 0 Å². The van der Waals surface area contributed by atoms with Crippen LogP contribution in [0.2, 0.25) is 0 Å². The molecule has 1 heterocycles. The van der Waals surface area contributed by atoms with Gasteiger partial charge < -0.3 is 14.4 Å². The topological polar surface area (TPSA) is 29.5 Å². The Balaban J connectivity index is 2.20. The van der Waals surface area contributed by atoms with Gasteiger partial charge in [0.2, 0.25) is 0 Å². The molecule has 1 unspecified atom stereocenters. The Bertz CT molecular complexity index is 397. The summed E-state index contributed by atoms with van der Waals surface area (Å²) >= 11 is 0. The average molecular weight is 247 g/mol. The van der Waals surface area contributed by atoms with Gasteiger partial charge in [-0.15, -0.1) is 0 Å². The minimum Gasteiger partial charge on any atom is -0.496 e. The molecule has 0 aliphatic carbocycles. The van der Waals surface area contributed by atoms with Crippen molar-refractivity contribution in [2.24, 2.45) is 5.92 Å². The molecule has 3 heteroatoms. The van der Waals surface area contributed by atoms with E-state index in [-0.39, 0.29) is 5.92 Å². The Hall–Kier alpha value is -1.35. The van der Waals surface area contributed by atoms with Gasteiger partial charge in [0.25, 0.3) is 0 Å². The number of rotatable bonds is 4. The number of ether oxygens (including phenoxy) is 1. The Morgan fingerprint density at radius 3 is 2.61 bits per heavy atom. The van der Waals surface area contributed by atoms with Gasteiger partial charge in [0.05, 0.1) is 7.11 Å². The van der Waals surface area contributed by atoms with Crippen LogP contribution in [0.4, 0.5) is 0 Å². The van der Waals surface area contributed by atoms with Crippen LogP contribution in [0.25, 0.3) is 0 Å². The highest BCUT2D eigenvalue weighted by Gasteiger charge is 2.28. The summed E-state index contributed by atoms with van der Waals surface area (Å²) in [5.41, 5.74) is 1.03. The van der Waals surface area contributed by atoms with E-state index in [1.165, 1.54) is 0 Å². The summed E-state index contributed by atoms with van der Waals surface area (Å²) in [6, 6.07) is 7.86. The van der Waals surface area contributed by atoms with Gasteiger partial charge in [-0.1, -0.05) is 18.2 Å². The highest BCUT2D eigenvalue weighted by molar-refractivity contribution is 5.65. The Labute approximate surface area is 109 Å². The molecule has 0 bridgehead atoms. The lowest BCUT2D eigenvalue weighted by atomic mass is 9.80. The zero-order chi connectivity index (χ0) is 13.0. The first-order valence-electron chi connectivity index (χ1n) is 6.53. The number of hydrogen-bond donors (Lipinski definition) is 0. The van der Waals surface area contributed by atoms with Gasteiger partial charge in [-0.25, -0.2) is 0 Å². The SMILES string of the molecule is COc1ccccc1C(C=O)C1CCN(C)CC1. The molecule has 98 valence electrons. The second kappa shape index (κ2) is 6.01. The van der Waals surface area contributed by atoms with Crippen LogP contribution in [0.15, 0.2) is 24.3 Å². The van der Waals surface area contributed by atoms with Crippen molar-refractivity contribution in [3.05, 3.63) is 29.8 Å². The molecule has 1 aliphatic heterocycles. The van der Waals surface area contributed by atoms with E-state index in [0.29, 0.717) is 5.92 Å². The number of para-hydroxylation sites is 1. The van der Waals surface area contributed by atoms with Crippen molar-refractivity contribution >= 4 is 6.29 Å². The summed E-state index contributed by atoms with van der Waals surface area (Å²) in [6.07, 6.45) is 3.25. The maximum Gasteiger partial charge on any atom is 0.127 e. The highest BCUT2D eigenvalue weighted by Crippen LogP contribution is 2.35. The molecule has 1 aliphatic rings. The van der Waals surface area contributed by atoms with E-state index in [4.69, 9.17) is 4.74 Å². The lowest BCUT2D eigenvalue weighted by Crippen LogP contribution is -2.33. The fourth-order valence-corrected chi connectivity index (χ4v) is 2.77.